The lowest BCUT2D eigenvalue weighted by Crippen LogP contribution is -2.22. The zero-order valence-corrected chi connectivity index (χ0v) is 18.9. The van der Waals surface area contributed by atoms with E-state index in [2.05, 4.69) is 10.0 Å². The summed E-state index contributed by atoms with van der Waals surface area (Å²) in [5.74, 6) is 0.760. The number of anilines is 2. The molecule has 3 N–H and O–H groups in total. The summed E-state index contributed by atoms with van der Waals surface area (Å²) in [6.07, 6.45) is 0.258. The van der Waals surface area contributed by atoms with E-state index in [0.29, 0.717) is 35.5 Å². The summed E-state index contributed by atoms with van der Waals surface area (Å²) in [5, 5.41) is 14.2. The van der Waals surface area contributed by atoms with Gasteiger partial charge in [0.1, 0.15) is 5.75 Å². The maximum Gasteiger partial charge on any atom is 0.261 e. The van der Waals surface area contributed by atoms with E-state index in [0.717, 1.165) is 23.3 Å². The smallest absolute Gasteiger partial charge is 0.261 e. The van der Waals surface area contributed by atoms with E-state index in [-0.39, 0.29) is 16.7 Å². The molecule has 33 heavy (non-hydrogen) atoms. The summed E-state index contributed by atoms with van der Waals surface area (Å²) in [6.45, 7) is 2.12. The van der Waals surface area contributed by atoms with Crippen molar-refractivity contribution >= 4 is 27.2 Å². The Morgan fingerprint density at radius 3 is 2.79 bits per heavy atom. The molecule has 0 bridgehead atoms. The number of fused-ring (bicyclic) bond motifs is 2. The number of ether oxygens (including phenoxy) is 1. The fourth-order valence-electron chi connectivity index (χ4n) is 4.37. The third-order valence-electron chi connectivity index (χ3n) is 6.12. The van der Waals surface area contributed by atoms with Crippen molar-refractivity contribution in [2.75, 3.05) is 16.6 Å². The highest BCUT2D eigenvalue weighted by atomic mass is 32.2. The lowest BCUT2D eigenvalue weighted by molar-refractivity contribution is 0.101. The summed E-state index contributed by atoms with van der Waals surface area (Å²) >= 11 is 0. The highest BCUT2D eigenvalue weighted by Crippen LogP contribution is 2.40. The number of hydrogen-bond acceptors (Lipinski definition) is 6. The van der Waals surface area contributed by atoms with Crippen molar-refractivity contribution in [3.63, 3.8) is 0 Å². The zero-order valence-electron chi connectivity index (χ0n) is 18.0. The van der Waals surface area contributed by atoms with Crippen molar-refractivity contribution in [3.05, 3.63) is 82.9 Å². The monoisotopic (exact) mass is 464 g/mol. The van der Waals surface area contributed by atoms with Gasteiger partial charge in [0.2, 0.25) is 0 Å². The Labute approximate surface area is 192 Å². The molecule has 0 amide bonds. The second-order valence-electron chi connectivity index (χ2n) is 8.41. The molecule has 0 radical (unpaired) electrons. The van der Waals surface area contributed by atoms with E-state index in [1.54, 1.807) is 30.3 Å². The van der Waals surface area contributed by atoms with E-state index < -0.39 is 16.1 Å². The molecule has 0 saturated heterocycles. The molecule has 2 aliphatic rings. The van der Waals surface area contributed by atoms with Gasteiger partial charge in [0.15, 0.2) is 5.78 Å². The summed E-state index contributed by atoms with van der Waals surface area (Å²) in [6, 6.07) is 17.0. The minimum atomic E-state index is -3.84. The number of aliphatic hydroxyl groups excluding tert-OH is 1. The van der Waals surface area contributed by atoms with Crippen LogP contribution in [0.1, 0.15) is 52.5 Å². The predicted octanol–water partition coefficient (Wildman–Crippen LogP) is 4.22. The Morgan fingerprint density at radius 1 is 1.12 bits per heavy atom. The topological polar surface area (TPSA) is 105 Å². The van der Waals surface area contributed by atoms with Gasteiger partial charge in [-0.1, -0.05) is 18.2 Å². The highest BCUT2D eigenvalue weighted by Gasteiger charge is 2.28. The van der Waals surface area contributed by atoms with Gasteiger partial charge in [0.05, 0.1) is 23.6 Å². The maximum absolute atomic E-state index is 13.0. The van der Waals surface area contributed by atoms with E-state index in [9.17, 15) is 18.3 Å². The number of rotatable bonds is 5. The van der Waals surface area contributed by atoms with Gasteiger partial charge in [-0.05, 0) is 60.5 Å². The van der Waals surface area contributed by atoms with Crippen LogP contribution in [0.2, 0.25) is 0 Å². The van der Waals surface area contributed by atoms with Crippen LogP contribution < -0.4 is 14.8 Å². The van der Waals surface area contributed by atoms with Crippen LogP contribution in [0.4, 0.5) is 11.4 Å². The van der Waals surface area contributed by atoms with Crippen LogP contribution in [0.5, 0.6) is 5.75 Å². The van der Waals surface area contributed by atoms with Crippen molar-refractivity contribution in [3.8, 4) is 5.75 Å². The molecule has 0 aliphatic carbocycles. The number of carbonyl (C=O) groups is 1. The van der Waals surface area contributed by atoms with Gasteiger partial charge in [-0.15, -0.1) is 0 Å². The first-order valence-electron chi connectivity index (χ1n) is 10.8. The van der Waals surface area contributed by atoms with Crippen LogP contribution in [-0.2, 0) is 16.4 Å². The first kappa shape index (κ1) is 21.5. The van der Waals surface area contributed by atoms with Crippen molar-refractivity contribution in [2.45, 2.75) is 36.8 Å². The molecule has 3 aromatic carbocycles. The van der Waals surface area contributed by atoms with Gasteiger partial charge in [0.25, 0.3) is 10.0 Å². The first-order valence-corrected chi connectivity index (χ1v) is 12.3. The number of sulfonamides is 1. The lowest BCUT2D eigenvalue weighted by atomic mass is 9.90. The molecule has 7 nitrogen and oxygen atoms in total. The molecule has 0 spiro atoms. The zero-order chi connectivity index (χ0) is 23.2. The molecule has 2 aliphatic heterocycles. The van der Waals surface area contributed by atoms with Crippen molar-refractivity contribution in [1.82, 2.24) is 0 Å². The highest BCUT2D eigenvalue weighted by molar-refractivity contribution is 7.92. The SMILES string of the molecule is CC(=O)c1cccc(C2CC(O)c3cc(S(=O)(=O)Nc4ccc5c(c4)CCO5)ccc3N2)c1. The van der Waals surface area contributed by atoms with Crippen LogP contribution in [0, 0.1) is 0 Å². The molecule has 2 atom stereocenters. The quantitative estimate of drug-likeness (QED) is 0.489. The summed E-state index contributed by atoms with van der Waals surface area (Å²) in [4.78, 5) is 11.8. The van der Waals surface area contributed by atoms with Gasteiger partial charge in [-0.3, -0.25) is 9.52 Å². The standard InChI is InChI=1S/C25H24N2O5S/c1-15(28)16-3-2-4-17(11-16)23-14-24(29)21-13-20(6-7-22(21)26-23)33(30,31)27-19-5-8-25-18(12-19)9-10-32-25/h2-8,11-13,23-24,26-27,29H,9-10,14H2,1H3. The average Bonchev–Trinajstić information content (AvgIpc) is 3.26. The van der Waals surface area contributed by atoms with Crippen molar-refractivity contribution < 1.29 is 23.1 Å². The Morgan fingerprint density at radius 2 is 1.97 bits per heavy atom. The van der Waals surface area contributed by atoms with Crippen LogP contribution in [0.25, 0.3) is 0 Å². The molecular weight excluding hydrogens is 440 g/mol. The maximum atomic E-state index is 13.0. The lowest BCUT2D eigenvalue weighted by Gasteiger charge is -2.31. The molecule has 5 rings (SSSR count). The largest absolute Gasteiger partial charge is 0.493 e. The van der Waals surface area contributed by atoms with E-state index in [1.165, 1.54) is 19.1 Å². The van der Waals surface area contributed by atoms with E-state index >= 15 is 0 Å². The van der Waals surface area contributed by atoms with Gasteiger partial charge in [-0.2, -0.15) is 0 Å². The molecular formula is C25H24N2O5S. The third kappa shape index (κ3) is 4.19. The Hall–Kier alpha value is -3.36. The number of aliphatic hydroxyl groups is 1. The number of carbonyl (C=O) groups excluding carboxylic acids is 1. The van der Waals surface area contributed by atoms with Crippen LogP contribution >= 0.6 is 0 Å². The van der Waals surface area contributed by atoms with Gasteiger partial charge in [-0.25, -0.2) is 8.42 Å². The molecule has 170 valence electrons. The van der Waals surface area contributed by atoms with Gasteiger partial charge < -0.3 is 15.2 Å². The van der Waals surface area contributed by atoms with Gasteiger partial charge >= 0.3 is 0 Å². The minimum absolute atomic E-state index is 0.0214. The molecule has 3 aromatic rings. The summed E-state index contributed by atoms with van der Waals surface area (Å²) in [7, 11) is -3.84. The van der Waals surface area contributed by atoms with Crippen molar-refractivity contribution in [1.29, 1.82) is 0 Å². The average molecular weight is 465 g/mol. The number of nitrogens with one attached hydrogen (secondary N) is 2. The number of ketones is 1. The normalized spacial score (nSPS) is 19.1. The Bertz CT molecular complexity index is 1350. The number of Topliss-reactive ketones (excluding diaryl/α,β-unsaturated/α-hetero) is 1. The van der Waals surface area contributed by atoms with Gasteiger partial charge in [0, 0.05) is 35.3 Å². The first-order chi connectivity index (χ1) is 15.8. The van der Waals surface area contributed by atoms with E-state index in [4.69, 9.17) is 4.74 Å². The van der Waals surface area contributed by atoms with Crippen molar-refractivity contribution in [2.24, 2.45) is 0 Å². The molecule has 8 heteroatoms. The molecule has 2 heterocycles. The molecule has 0 fully saturated rings. The van der Waals surface area contributed by atoms with Crippen LogP contribution in [-0.4, -0.2) is 25.9 Å². The fraction of sp³-hybridized carbons (Fsp3) is 0.240. The van der Waals surface area contributed by atoms with Crippen LogP contribution in [0.3, 0.4) is 0 Å². The number of benzene rings is 3. The van der Waals surface area contributed by atoms with E-state index in [1.807, 2.05) is 18.2 Å². The third-order valence-corrected chi connectivity index (χ3v) is 7.50. The second kappa shape index (κ2) is 8.20. The molecule has 0 aromatic heterocycles. The fourth-order valence-corrected chi connectivity index (χ4v) is 5.45. The summed E-state index contributed by atoms with van der Waals surface area (Å²) < 4.78 is 34.1. The molecule has 2 unspecified atom stereocenters. The Kier molecular flexibility index (Phi) is 5.34. The Balaban J connectivity index is 1.39. The molecule has 0 saturated carbocycles. The predicted molar refractivity (Wildman–Crippen MR) is 125 cm³/mol. The second-order valence-corrected chi connectivity index (χ2v) is 10.1. The van der Waals surface area contributed by atoms with Crippen LogP contribution in [0.15, 0.2) is 65.6 Å². The minimum Gasteiger partial charge on any atom is -0.493 e. The summed E-state index contributed by atoms with van der Waals surface area (Å²) in [5.41, 5.74) is 4.15. The number of hydrogen-bond donors (Lipinski definition) is 3.